The molecule has 3 aromatic rings. The maximum Gasteiger partial charge on any atom is 0.338 e. The Bertz CT molecular complexity index is 1080. The molecule has 166 valence electrons. The van der Waals surface area contributed by atoms with E-state index in [0.29, 0.717) is 11.6 Å². The predicted molar refractivity (Wildman–Crippen MR) is 133 cm³/mol. The molecule has 0 amide bonds. The van der Waals surface area contributed by atoms with Crippen LogP contribution >= 0.6 is 0 Å². The van der Waals surface area contributed by atoms with Gasteiger partial charge in [0, 0.05) is 24.0 Å². The zero-order chi connectivity index (χ0) is 22.7. The van der Waals surface area contributed by atoms with Crippen molar-refractivity contribution in [1.29, 1.82) is 0 Å². The maximum atomic E-state index is 12.8. The molecule has 0 radical (unpaired) electrons. The van der Waals surface area contributed by atoms with Crippen LogP contribution in [0.3, 0.4) is 0 Å². The average Bonchev–Trinajstić information content (AvgIpc) is 3.62. The van der Waals surface area contributed by atoms with Gasteiger partial charge in [-0.25, -0.2) is 4.79 Å². The van der Waals surface area contributed by atoms with Gasteiger partial charge in [-0.1, -0.05) is 36.4 Å². The Labute approximate surface area is 191 Å². The van der Waals surface area contributed by atoms with Gasteiger partial charge in [0.1, 0.15) is 0 Å². The second-order valence-electron chi connectivity index (χ2n) is 8.93. The Morgan fingerprint density at radius 2 is 1.47 bits per heavy atom. The van der Waals surface area contributed by atoms with E-state index in [1.807, 2.05) is 13.0 Å². The Morgan fingerprint density at radius 3 is 2.03 bits per heavy atom. The first-order chi connectivity index (χ1) is 15.5. The van der Waals surface area contributed by atoms with Gasteiger partial charge in [0.2, 0.25) is 0 Å². The van der Waals surface area contributed by atoms with Gasteiger partial charge in [-0.3, -0.25) is 0 Å². The lowest BCUT2D eigenvalue weighted by molar-refractivity contribution is 0.0601. The lowest BCUT2D eigenvalue weighted by Gasteiger charge is -2.17. The first-order valence-corrected chi connectivity index (χ1v) is 11.4. The molecular formula is C28H32N2O2. The summed E-state index contributed by atoms with van der Waals surface area (Å²) in [6, 6.07) is 21.2. The van der Waals surface area contributed by atoms with Crippen LogP contribution in [0.5, 0.6) is 0 Å². The van der Waals surface area contributed by atoms with E-state index < -0.39 is 0 Å². The second-order valence-corrected chi connectivity index (χ2v) is 8.93. The highest BCUT2D eigenvalue weighted by Gasteiger charge is 2.21. The van der Waals surface area contributed by atoms with Crippen LogP contribution in [0.4, 0.5) is 11.4 Å². The van der Waals surface area contributed by atoms with Crippen LogP contribution in [0.1, 0.15) is 42.6 Å². The summed E-state index contributed by atoms with van der Waals surface area (Å²) in [7, 11) is 1.44. The smallest absolute Gasteiger partial charge is 0.338 e. The van der Waals surface area contributed by atoms with Crippen molar-refractivity contribution in [3.05, 3.63) is 71.8 Å². The molecule has 0 unspecified atom stereocenters. The molecular weight excluding hydrogens is 396 g/mol. The standard InChI is InChI=1S/C28H32N2O2/c1-18(2)30-24-13-9-21(10-14-24)25-15-16-26(27(19(25)3)28(31)32-4)22-7-11-23(12-8-22)29-17-20-5-6-20/h7-16,18,20,29-30H,5-6,17H2,1-4H3. The summed E-state index contributed by atoms with van der Waals surface area (Å²) in [5.41, 5.74) is 7.76. The van der Waals surface area contributed by atoms with E-state index in [9.17, 15) is 4.79 Å². The Balaban J connectivity index is 1.66. The Hall–Kier alpha value is -3.27. The van der Waals surface area contributed by atoms with Crippen molar-refractivity contribution in [3.63, 3.8) is 0 Å². The molecule has 0 aromatic heterocycles. The lowest BCUT2D eigenvalue weighted by Crippen LogP contribution is -2.09. The molecule has 1 aliphatic carbocycles. The van der Waals surface area contributed by atoms with Gasteiger partial charge in [-0.05, 0) is 91.6 Å². The number of anilines is 2. The fraction of sp³-hybridized carbons (Fsp3) is 0.321. The van der Waals surface area contributed by atoms with E-state index in [1.54, 1.807) is 0 Å². The quantitative estimate of drug-likeness (QED) is 0.389. The van der Waals surface area contributed by atoms with Crippen molar-refractivity contribution in [1.82, 2.24) is 0 Å². The molecule has 0 heterocycles. The van der Waals surface area contributed by atoms with Crippen LogP contribution in [0.15, 0.2) is 60.7 Å². The molecule has 4 rings (SSSR count). The highest BCUT2D eigenvalue weighted by atomic mass is 16.5. The number of rotatable bonds is 8. The summed E-state index contributed by atoms with van der Waals surface area (Å²) in [6.07, 6.45) is 2.66. The third kappa shape index (κ3) is 4.96. The van der Waals surface area contributed by atoms with Crippen LogP contribution in [-0.2, 0) is 4.74 Å². The number of ether oxygens (including phenoxy) is 1. The van der Waals surface area contributed by atoms with Crippen LogP contribution in [-0.4, -0.2) is 25.7 Å². The fourth-order valence-electron chi connectivity index (χ4n) is 4.06. The topological polar surface area (TPSA) is 50.4 Å². The summed E-state index contributed by atoms with van der Waals surface area (Å²) in [6.45, 7) is 7.27. The first-order valence-electron chi connectivity index (χ1n) is 11.4. The van der Waals surface area contributed by atoms with E-state index in [4.69, 9.17) is 4.74 Å². The van der Waals surface area contributed by atoms with E-state index in [-0.39, 0.29) is 5.97 Å². The van der Waals surface area contributed by atoms with E-state index in [1.165, 1.54) is 20.0 Å². The van der Waals surface area contributed by atoms with Crippen LogP contribution < -0.4 is 10.6 Å². The third-order valence-electron chi connectivity index (χ3n) is 5.99. The van der Waals surface area contributed by atoms with Crippen LogP contribution in [0.2, 0.25) is 0 Å². The van der Waals surface area contributed by atoms with Gasteiger partial charge < -0.3 is 15.4 Å². The van der Waals surface area contributed by atoms with Crippen molar-refractivity contribution < 1.29 is 9.53 Å². The molecule has 1 aliphatic rings. The highest BCUT2D eigenvalue weighted by Crippen LogP contribution is 2.35. The maximum absolute atomic E-state index is 12.8. The second kappa shape index (κ2) is 9.47. The third-order valence-corrected chi connectivity index (χ3v) is 5.99. The van der Waals surface area contributed by atoms with Gasteiger partial charge in [0.25, 0.3) is 0 Å². The number of carbonyl (C=O) groups excluding carboxylic acids is 1. The minimum Gasteiger partial charge on any atom is -0.465 e. The zero-order valence-corrected chi connectivity index (χ0v) is 19.4. The lowest BCUT2D eigenvalue weighted by atomic mass is 9.89. The van der Waals surface area contributed by atoms with Crippen molar-refractivity contribution >= 4 is 17.3 Å². The van der Waals surface area contributed by atoms with Crippen molar-refractivity contribution in [2.24, 2.45) is 5.92 Å². The number of benzene rings is 3. The highest BCUT2D eigenvalue weighted by molar-refractivity contribution is 6.01. The number of esters is 1. The summed E-state index contributed by atoms with van der Waals surface area (Å²) in [4.78, 5) is 12.8. The van der Waals surface area contributed by atoms with E-state index in [0.717, 1.165) is 51.7 Å². The Morgan fingerprint density at radius 1 is 0.906 bits per heavy atom. The van der Waals surface area contributed by atoms with E-state index >= 15 is 0 Å². The van der Waals surface area contributed by atoms with Crippen molar-refractivity contribution in [2.75, 3.05) is 24.3 Å². The van der Waals surface area contributed by atoms with Crippen LogP contribution in [0.25, 0.3) is 22.3 Å². The SMILES string of the molecule is COC(=O)c1c(-c2ccc(NCC3CC3)cc2)ccc(-c2ccc(NC(C)C)cc2)c1C. The summed E-state index contributed by atoms with van der Waals surface area (Å²) >= 11 is 0. The molecule has 0 spiro atoms. The zero-order valence-electron chi connectivity index (χ0n) is 19.4. The molecule has 0 aliphatic heterocycles. The first kappa shape index (κ1) is 21.9. The number of nitrogens with one attached hydrogen (secondary N) is 2. The molecule has 0 saturated heterocycles. The Kier molecular flexibility index (Phi) is 6.50. The fourth-order valence-corrected chi connectivity index (χ4v) is 4.06. The minimum atomic E-state index is -0.312. The number of carbonyl (C=O) groups is 1. The predicted octanol–water partition coefficient (Wildman–Crippen LogP) is 6.76. The van der Waals surface area contributed by atoms with Crippen molar-refractivity contribution in [2.45, 2.75) is 39.7 Å². The summed E-state index contributed by atoms with van der Waals surface area (Å²) in [5, 5.41) is 6.91. The molecule has 0 atom stereocenters. The van der Waals surface area contributed by atoms with Gasteiger partial charge in [-0.2, -0.15) is 0 Å². The largest absolute Gasteiger partial charge is 0.465 e. The van der Waals surface area contributed by atoms with Gasteiger partial charge in [0.05, 0.1) is 12.7 Å². The monoisotopic (exact) mass is 428 g/mol. The number of hydrogen-bond donors (Lipinski definition) is 2. The molecule has 4 heteroatoms. The molecule has 2 N–H and O–H groups in total. The van der Waals surface area contributed by atoms with Crippen LogP contribution in [0, 0.1) is 12.8 Å². The van der Waals surface area contributed by atoms with E-state index in [2.05, 4.69) is 79.1 Å². The summed E-state index contributed by atoms with van der Waals surface area (Å²) < 4.78 is 5.17. The van der Waals surface area contributed by atoms with Crippen molar-refractivity contribution in [3.8, 4) is 22.3 Å². The number of methoxy groups -OCH3 is 1. The van der Waals surface area contributed by atoms with Gasteiger partial charge >= 0.3 is 5.97 Å². The summed E-state index contributed by atoms with van der Waals surface area (Å²) in [5.74, 6) is 0.513. The minimum absolute atomic E-state index is 0.312. The molecule has 3 aromatic carbocycles. The molecule has 32 heavy (non-hydrogen) atoms. The van der Waals surface area contributed by atoms with Gasteiger partial charge in [-0.15, -0.1) is 0 Å². The van der Waals surface area contributed by atoms with Gasteiger partial charge in [0.15, 0.2) is 0 Å². The number of hydrogen-bond acceptors (Lipinski definition) is 4. The molecule has 0 bridgehead atoms. The molecule has 1 fully saturated rings. The normalized spacial score (nSPS) is 13.2. The average molecular weight is 429 g/mol. The molecule has 4 nitrogen and oxygen atoms in total. The molecule has 1 saturated carbocycles.